The van der Waals surface area contributed by atoms with Gasteiger partial charge in [-0.3, -0.25) is 4.79 Å². The lowest BCUT2D eigenvalue weighted by Gasteiger charge is -2.01. The minimum atomic E-state index is -0.142. The molecule has 1 saturated heterocycles. The summed E-state index contributed by atoms with van der Waals surface area (Å²) >= 11 is 0. The second kappa shape index (κ2) is 2.84. The molecule has 1 fully saturated rings. The molecule has 3 nitrogen and oxygen atoms in total. The van der Waals surface area contributed by atoms with Crippen LogP contribution in [0.4, 0.5) is 0 Å². The Bertz CT molecular complexity index is 159. The highest BCUT2D eigenvalue weighted by atomic mass is 16.6. The Morgan fingerprint density at radius 1 is 1.70 bits per heavy atom. The van der Waals surface area contributed by atoms with E-state index in [1.807, 2.05) is 19.0 Å². The van der Waals surface area contributed by atoms with Gasteiger partial charge in [-0.05, 0) is 6.08 Å². The maximum absolute atomic E-state index is 10.9. The number of carbonyl (C=O) groups excluding carboxylic acids is 1. The van der Waals surface area contributed by atoms with E-state index in [2.05, 4.69) is 0 Å². The summed E-state index contributed by atoms with van der Waals surface area (Å²) in [5.41, 5.74) is 0. The fraction of sp³-hybridized carbons (Fsp3) is 0.571. The number of hydrogen-bond acceptors (Lipinski definition) is 3. The molecule has 3 heteroatoms. The normalized spacial score (nSPS) is 23.2. The topological polar surface area (TPSA) is 32.8 Å². The van der Waals surface area contributed by atoms with Crippen LogP contribution in [0.15, 0.2) is 12.3 Å². The van der Waals surface area contributed by atoms with Crippen LogP contribution in [0, 0.1) is 0 Å². The van der Waals surface area contributed by atoms with E-state index < -0.39 is 0 Å². The Balaban J connectivity index is 2.29. The van der Waals surface area contributed by atoms with Crippen molar-refractivity contribution < 1.29 is 9.53 Å². The molecule has 0 radical (unpaired) electrons. The minimum Gasteiger partial charge on any atom is -0.383 e. The van der Waals surface area contributed by atoms with Crippen LogP contribution in [0.5, 0.6) is 0 Å². The summed E-state index contributed by atoms with van der Waals surface area (Å²) in [5, 5.41) is 0. The summed E-state index contributed by atoms with van der Waals surface area (Å²) in [6, 6.07) is 0. The van der Waals surface area contributed by atoms with Gasteiger partial charge in [-0.25, -0.2) is 0 Å². The highest BCUT2D eigenvalue weighted by Crippen LogP contribution is 2.09. The van der Waals surface area contributed by atoms with Gasteiger partial charge in [0.1, 0.15) is 6.10 Å². The van der Waals surface area contributed by atoms with Crippen molar-refractivity contribution in [3.05, 3.63) is 12.3 Å². The molecule has 0 saturated carbocycles. The first-order valence-electron chi connectivity index (χ1n) is 3.20. The van der Waals surface area contributed by atoms with E-state index in [1.165, 1.54) is 6.08 Å². The maximum Gasteiger partial charge on any atom is 0.188 e. The quantitative estimate of drug-likeness (QED) is 0.410. The van der Waals surface area contributed by atoms with E-state index in [0.29, 0.717) is 6.61 Å². The predicted octanol–water partition coefficient (Wildman–Crippen LogP) is 0.0296. The molecule has 1 heterocycles. The van der Waals surface area contributed by atoms with Gasteiger partial charge in [0.2, 0.25) is 0 Å². The van der Waals surface area contributed by atoms with E-state index in [4.69, 9.17) is 4.74 Å². The van der Waals surface area contributed by atoms with Crippen molar-refractivity contribution in [2.45, 2.75) is 6.10 Å². The van der Waals surface area contributed by atoms with Gasteiger partial charge in [-0.1, -0.05) is 0 Å². The third-order valence-corrected chi connectivity index (χ3v) is 1.19. The van der Waals surface area contributed by atoms with Crippen LogP contribution in [0.2, 0.25) is 0 Å². The van der Waals surface area contributed by atoms with Crippen LogP contribution in [-0.4, -0.2) is 37.5 Å². The van der Waals surface area contributed by atoms with Crippen molar-refractivity contribution in [2.75, 3.05) is 20.7 Å². The van der Waals surface area contributed by atoms with E-state index in [9.17, 15) is 4.79 Å². The van der Waals surface area contributed by atoms with Crippen LogP contribution in [0.3, 0.4) is 0 Å². The van der Waals surface area contributed by atoms with E-state index >= 15 is 0 Å². The molecule has 0 amide bonds. The van der Waals surface area contributed by atoms with Gasteiger partial charge in [0.15, 0.2) is 5.78 Å². The van der Waals surface area contributed by atoms with Gasteiger partial charge >= 0.3 is 0 Å². The van der Waals surface area contributed by atoms with E-state index in [-0.39, 0.29) is 11.9 Å². The Hall–Kier alpha value is -0.830. The molecule has 1 aliphatic rings. The largest absolute Gasteiger partial charge is 0.383 e. The molecular weight excluding hydrogens is 130 g/mol. The molecule has 0 bridgehead atoms. The number of hydrogen-bond donors (Lipinski definition) is 0. The summed E-state index contributed by atoms with van der Waals surface area (Å²) in [7, 11) is 3.75. The van der Waals surface area contributed by atoms with Crippen molar-refractivity contribution in [3.8, 4) is 0 Å². The molecule has 0 spiro atoms. The monoisotopic (exact) mass is 141 g/mol. The van der Waals surface area contributed by atoms with Gasteiger partial charge in [-0.15, -0.1) is 0 Å². The third-order valence-electron chi connectivity index (χ3n) is 1.19. The lowest BCUT2D eigenvalue weighted by Crippen LogP contribution is -2.06. The Labute approximate surface area is 60.3 Å². The van der Waals surface area contributed by atoms with Crippen molar-refractivity contribution in [1.29, 1.82) is 0 Å². The van der Waals surface area contributed by atoms with Crippen LogP contribution in [0.25, 0.3) is 0 Å². The predicted molar refractivity (Wildman–Crippen MR) is 37.6 cm³/mol. The average molecular weight is 141 g/mol. The van der Waals surface area contributed by atoms with Gasteiger partial charge in [0.25, 0.3) is 0 Å². The zero-order valence-corrected chi connectivity index (χ0v) is 6.20. The zero-order chi connectivity index (χ0) is 7.56. The molecule has 1 aliphatic heterocycles. The van der Waals surface area contributed by atoms with E-state index in [0.717, 1.165) is 0 Å². The molecular formula is C7H11NO2. The minimum absolute atomic E-state index is 0.0636. The van der Waals surface area contributed by atoms with Crippen molar-refractivity contribution in [2.24, 2.45) is 0 Å². The standard InChI is InChI=1S/C7H11NO2/c1-8(2)4-3-6(9)7-5-10-7/h3-4,7H,5H2,1-2H3. The van der Waals surface area contributed by atoms with Crippen LogP contribution >= 0.6 is 0 Å². The molecule has 10 heavy (non-hydrogen) atoms. The highest BCUT2D eigenvalue weighted by molar-refractivity contribution is 5.94. The van der Waals surface area contributed by atoms with Gasteiger partial charge in [-0.2, -0.15) is 0 Å². The molecule has 1 rings (SSSR count). The smallest absolute Gasteiger partial charge is 0.188 e. The van der Waals surface area contributed by atoms with E-state index in [1.54, 1.807) is 6.20 Å². The number of nitrogens with zero attached hydrogens (tertiary/aromatic N) is 1. The Morgan fingerprint density at radius 2 is 2.30 bits per heavy atom. The average Bonchev–Trinajstić information content (AvgIpc) is 2.63. The number of rotatable bonds is 3. The summed E-state index contributed by atoms with van der Waals surface area (Å²) in [5.74, 6) is 0.0636. The second-order valence-corrected chi connectivity index (χ2v) is 2.50. The lowest BCUT2D eigenvalue weighted by atomic mass is 10.3. The van der Waals surface area contributed by atoms with Crippen molar-refractivity contribution in [3.63, 3.8) is 0 Å². The van der Waals surface area contributed by atoms with Gasteiger partial charge in [0, 0.05) is 20.3 Å². The summed E-state index contributed by atoms with van der Waals surface area (Å²) in [6.45, 7) is 0.594. The SMILES string of the molecule is CN(C)C=CC(=O)C1CO1. The molecule has 1 unspecified atom stereocenters. The van der Waals surface area contributed by atoms with Crippen LogP contribution in [0.1, 0.15) is 0 Å². The Morgan fingerprint density at radius 3 is 2.70 bits per heavy atom. The molecule has 0 aromatic carbocycles. The summed E-state index contributed by atoms with van der Waals surface area (Å²) in [6.07, 6.45) is 3.12. The molecule has 0 N–H and O–H groups in total. The number of ether oxygens (including phenoxy) is 1. The zero-order valence-electron chi connectivity index (χ0n) is 6.20. The first-order chi connectivity index (χ1) is 4.70. The third kappa shape index (κ3) is 2.19. The Kier molecular flexibility index (Phi) is 2.06. The summed E-state index contributed by atoms with van der Waals surface area (Å²) < 4.78 is 4.78. The molecule has 0 aliphatic carbocycles. The highest BCUT2D eigenvalue weighted by Gasteiger charge is 2.28. The number of ketones is 1. The van der Waals surface area contributed by atoms with Crippen LogP contribution in [-0.2, 0) is 9.53 Å². The van der Waals surface area contributed by atoms with Crippen molar-refractivity contribution >= 4 is 5.78 Å². The first kappa shape index (κ1) is 7.28. The fourth-order valence-corrected chi connectivity index (χ4v) is 0.542. The van der Waals surface area contributed by atoms with Gasteiger partial charge < -0.3 is 9.64 Å². The molecule has 1 atom stereocenters. The number of carbonyl (C=O) groups is 1. The maximum atomic E-state index is 10.9. The fourth-order valence-electron chi connectivity index (χ4n) is 0.542. The molecule has 0 aromatic heterocycles. The van der Waals surface area contributed by atoms with Crippen LogP contribution < -0.4 is 0 Å². The van der Waals surface area contributed by atoms with Crippen molar-refractivity contribution in [1.82, 2.24) is 4.90 Å². The van der Waals surface area contributed by atoms with Gasteiger partial charge in [0.05, 0.1) is 6.61 Å². The second-order valence-electron chi connectivity index (χ2n) is 2.50. The molecule has 0 aromatic rings. The number of epoxide rings is 1. The summed E-state index contributed by atoms with van der Waals surface area (Å²) in [4.78, 5) is 12.7. The first-order valence-corrected chi connectivity index (χ1v) is 3.20. The molecule has 56 valence electrons. The lowest BCUT2D eigenvalue weighted by molar-refractivity contribution is -0.115.